The van der Waals surface area contributed by atoms with E-state index < -0.39 is 5.97 Å². The van der Waals surface area contributed by atoms with Crippen molar-refractivity contribution in [1.29, 1.82) is 0 Å². The van der Waals surface area contributed by atoms with Gasteiger partial charge in [-0.05, 0) is 63.8 Å². The van der Waals surface area contributed by atoms with Crippen LogP contribution in [0.4, 0.5) is 0 Å². The van der Waals surface area contributed by atoms with Gasteiger partial charge in [-0.2, -0.15) is 4.37 Å². The molecule has 0 bridgehead atoms. The summed E-state index contributed by atoms with van der Waals surface area (Å²) in [5, 5.41) is 21.2. The van der Waals surface area contributed by atoms with Gasteiger partial charge in [0.2, 0.25) is 0 Å². The minimum absolute atomic E-state index is 0.195. The third-order valence-corrected chi connectivity index (χ3v) is 7.02. The highest BCUT2D eigenvalue weighted by atomic mass is 32.1. The number of benzene rings is 4. The lowest BCUT2D eigenvalue weighted by Crippen LogP contribution is -2.23. The molecule has 0 saturated carbocycles. The Morgan fingerprint density at radius 2 is 1.68 bits per heavy atom. The smallest absolute Gasteiger partial charge is 0.335 e. The van der Waals surface area contributed by atoms with Gasteiger partial charge in [0.15, 0.2) is 0 Å². The number of carbonyl (C=O) groups is 2. The molecule has 0 aliphatic heterocycles. The first kappa shape index (κ1) is 23.6. The zero-order chi connectivity index (χ0) is 26.1. The first-order valence-corrected chi connectivity index (χ1v) is 12.8. The summed E-state index contributed by atoms with van der Waals surface area (Å²) in [6.45, 7) is 0.243. The average molecular weight is 520 g/mol. The maximum Gasteiger partial charge on any atom is 0.335 e. The van der Waals surface area contributed by atoms with Gasteiger partial charge in [0.05, 0.1) is 22.2 Å². The van der Waals surface area contributed by atoms with Gasteiger partial charge < -0.3 is 14.9 Å². The van der Waals surface area contributed by atoms with E-state index in [1.54, 1.807) is 12.1 Å². The maximum atomic E-state index is 13.5. The van der Waals surface area contributed by atoms with Crippen molar-refractivity contribution < 1.29 is 19.2 Å². The Hall–Kier alpha value is -4.82. The summed E-state index contributed by atoms with van der Waals surface area (Å²) >= 11 is 1.34. The van der Waals surface area contributed by atoms with E-state index in [0.29, 0.717) is 28.6 Å². The van der Waals surface area contributed by atoms with Gasteiger partial charge in [-0.15, -0.1) is 0 Å². The summed E-state index contributed by atoms with van der Waals surface area (Å²) in [5.41, 5.74) is 4.61. The van der Waals surface area contributed by atoms with Gasteiger partial charge >= 0.3 is 5.97 Å². The van der Waals surface area contributed by atoms with E-state index >= 15 is 0 Å². The van der Waals surface area contributed by atoms with Gasteiger partial charge in [0, 0.05) is 23.9 Å². The molecule has 0 atom stereocenters. The Balaban J connectivity index is 1.35. The highest BCUT2D eigenvalue weighted by Crippen LogP contribution is 2.31. The quantitative estimate of drug-likeness (QED) is 0.256. The number of carbonyl (C=O) groups excluding carboxylic acids is 1. The van der Waals surface area contributed by atoms with Crippen LogP contribution in [0.25, 0.3) is 32.9 Å². The zero-order valence-corrected chi connectivity index (χ0v) is 20.9. The molecule has 8 heteroatoms. The topological polar surface area (TPSA) is 105 Å². The number of nitrogens with one attached hydrogen (secondary N) is 1. The molecule has 0 saturated heterocycles. The molecule has 0 unspecified atom stereocenters. The Labute approximate surface area is 221 Å². The van der Waals surface area contributed by atoms with Crippen LogP contribution in [0.3, 0.4) is 0 Å². The van der Waals surface area contributed by atoms with Gasteiger partial charge in [-0.3, -0.25) is 4.79 Å². The number of aromatic carboxylic acids is 1. The molecular formula is C30H21N3O4S. The monoisotopic (exact) mass is 519 g/mol. The minimum atomic E-state index is -0.992. The number of hydrogen-bond acceptors (Lipinski definition) is 6. The summed E-state index contributed by atoms with van der Waals surface area (Å²) in [7, 11) is 0. The Morgan fingerprint density at radius 1 is 0.895 bits per heavy atom. The lowest BCUT2D eigenvalue weighted by atomic mass is 9.98. The van der Waals surface area contributed by atoms with Gasteiger partial charge in [-0.25, -0.2) is 4.79 Å². The van der Waals surface area contributed by atoms with Crippen molar-refractivity contribution in [3.8, 4) is 11.3 Å². The van der Waals surface area contributed by atoms with Crippen LogP contribution in [0, 0.1) is 0 Å². The van der Waals surface area contributed by atoms with Gasteiger partial charge in [0.25, 0.3) is 5.91 Å². The minimum Gasteiger partial charge on any atom is -0.478 e. The third-order valence-electron chi connectivity index (χ3n) is 6.46. The fourth-order valence-electron chi connectivity index (χ4n) is 4.53. The molecule has 2 N–H and O–H groups in total. The van der Waals surface area contributed by atoms with E-state index in [-0.39, 0.29) is 18.0 Å². The van der Waals surface area contributed by atoms with Gasteiger partial charge in [-0.1, -0.05) is 59.8 Å². The SMILES string of the molecule is O=C(O)c1ccc(CNC(=O)c2cc(-c3ccsn3)cc3noc(Cc4ccc5ccccc5c4)c23)cc1. The van der Waals surface area contributed by atoms with E-state index in [1.165, 1.54) is 23.7 Å². The molecule has 6 aromatic rings. The fourth-order valence-corrected chi connectivity index (χ4v) is 5.06. The number of amides is 1. The number of aromatic nitrogens is 2. The molecule has 0 aliphatic rings. The number of rotatable bonds is 7. The molecule has 186 valence electrons. The fraction of sp³-hybridized carbons (Fsp3) is 0.0667. The van der Waals surface area contributed by atoms with Crippen LogP contribution in [-0.2, 0) is 13.0 Å². The molecule has 38 heavy (non-hydrogen) atoms. The molecule has 6 rings (SSSR count). The van der Waals surface area contributed by atoms with Crippen LogP contribution in [0.1, 0.15) is 37.6 Å². The number of nitrogens with zero attached hydrogens (tertiary/aromatic N) is 2. The molecule has 4 aromatic carbocycles. The predicted molar refractivity (Wildman–Crippen MR) is 146 cm³/mol. The first-order chi connectivity index (χ1) is 18.5. The van der Waals surface area contributed by atoms with Crippen molar-refractivity contribution in [2.24, 2.45) is 0 Å². The normalized spacial score (nSPS) is 11.2. The molecular weight excluding hydrogens is 498 g/mol. The summed E-state index contributed by atoms with van der Waals surface area (Å²) in [6, 6.07) is 26.4. The number of carboxylic acid groups (broad SMARTS) is 1. The van der Waals surface area contributed by atoms with Crippen LogP contribution in [0.5, 0.6) is 0 Å². The first-order valence-electron chi connectivity index (χ1n) is 12.0. The number of hydrogen-bond donors (Lipinski definition) is 2. The predicted octanol–water partition coefficient (Wildman–Crippen LogP) is 6.32. The van der Waals surface area contributed by atoms with E-state index in [0.717, 1.165) is 33.2 Å². The van der Waals surface area contributed by atoms with Crippen molar-refractivity contribution in [3.63, 3.8) is 0 Å². The number of carboxylic acids is 1. The van der Waals surface area contributed by atoms with Gasteiger partial charge in [0.1, 0.15) is 11.3 Å². The molecule has 1 amide bonds. The van der Waals surface area contributed by atoms with E-state index in [2.05, 4.69) is 45.2 Å². The summed E-state index contributed by atoms with van der Waals surface area (Å²) in [6.07, 6.45) is 0.480. The molecule has 0 aliphatic carbocycles. The largest absolute Gasteiger partial charge is 0.478 e. The van der Waals surface area contributed by atoms with Crippen LogP contribution in [-0.4, -0.2) is 26.5 Å². The van der Waals surface area contributed by atoms with Crippen molar-refractivity contribution in [1.82, 2.24) is 14.8 Å². The molecule has 0 radical (unpaired) electrons. The molecule has 2 aromatic heterocycles. The van der Waals surface area contributed by atoms with Crippen LogP contribution >= 0.6 is 11.5 Å². The third kappa shape index (κ3) is 4.65. The molecule has 0 fully saturated rings. The van der Waals surface area contributed by atoms with Crippen molar-refractivity contribution >= 4 is 45.1 Å². The second-order valence-corrected chi connectivity index (χ2v) is 9.62. The second kappa shape index (κ2) is 9.91. The second-order valence-electron chi connectivity index (χ2n) is 8.95. The zero-order valence-electron chi connectivity index (χ0n) is 20.0. The van der Waals surface area contributed by atoms with Crippen molar-refractivity contribution in [2.45, 2.75) is 13.0 Å². The van der Waals surface area contributed by atoms with Crippen molar-refractivity contribution in [2.75, 3.05) is 0 Å². The lowest BCUT2D eigenvalue weighted by Gasteiger charge is -2.09. The van der Waals surface area contributed by atoms with E-state index in [4.69, 9.17) is 9.63 Å². The van der Waals surface area contributed by atoms with Crippen LogP contribution < -0.4 is 5.32 Å². The van der Waals surface area contributed by atoms with Crippen molar-refractivity contribution in [3.05, 3.63) is 118 Å². The standard InChI is InChI=1S/C30H21N3O4S/c34-29(31-17-18-5-9-21(10-6-18)30(35)36)24-15-23(25-11-12-38-33-25)16-26-28(24)27(37-32-26)14-19-7-8-20-3-1-2-4-22(20)13-19/h1-13,15-16H,14,17H2,(H,31,34)(H,35,36). The lowest BCUT2D eigenvalue weighted by molar-refractivity contribution is 0.0696. The summed E-state index contributed by atoms with van der Waals surface area (Å²) in [4.78, 5) is 24.6. The Morgan fingerprint density at radius 3 is 2.45 bits per heavy atom. The Bertz CT molecular complexity index is 1790. The van der Waals surface area contributed by atoms with E-state index in [9.17, 15) is 9.59 Å². The Kier molecular flexibility index (Phi) is 6.15. The van der Waals surface area contributed by atoms with Crippen LogP contribution in [0.2, 0.25) is 0 Å². The highest BCUT2D eigenvalue weighted by Gasteiger charge is 2.21. The highest BCUT2D eigenvalue weighted by molar-refractivity contribution is 7.03. The maximum absolute atomic E-state index is 13.5. The molecule has 2 heterocycles. The summed E-state index contributed by atoms with van der Waals surface area (Å²) < 4.78 is 10.2. The average Bonchev–Trinajstić information content (AvgIpc) is 3.62. The number of fused-ring (bicyclic) bond motifs is 2. The molecule has 0 spiro atoms. The summed E-state index contributed by atoms with van der Waals surface area (Å²) in [5.74, 6) is -0.665. The molecule has 7 nitrogen and oxygen atoms in total. The van der Waals surface area contributed by atoms with E-state index in [1.807, 2.05) is 35.7 Å². The van der Waals surface area contributed by atoms with Crippen LogP contribution in [0.15, 0.2) is 94.8 Å².